The molecule has 2 aromatic rings. The summed E-state index contributed by atoms with van der Waals surface area (Å²) in [4.78, 5) is 11.8. The Morgan fingerprint density at radius 2 is 1.64 bits per heavy atom. The van der Waals surface area contributed by atoms with Crippen molar-refractivity contribution in [3.63, 3.8) is 0 Å². The molecule has 3 N–H and O–H groups in total. The SMILES string of the molecule is CC(C)C[C@@](C)(N)C(=O)OCc1ccccc1.Cc1ccc(S(=O)(=O)O)cc1. The Balaban J connectivity index is 0.000000307. The first-order valence-corrected chi connectivity index (χ1v) is 10.4. The van der Waals surface area contributed by atoms with Crippen LogP contribution in [0, 0.1) is 12.8 Å². The Bertz CT molecular complexity index is 844. The van der Waals surface area contributed by atoms with E-state index in [1.807, 2.05) is 51.1 Å². The Hall–Kier alpha value is -2.22. The second-order valence-electron chi connectivity index (χ2n) is 7.37. The molecule has 0 aromatic heterocycles. The number of ether oxygens (including phenoxy) is 1. The van der Waals surface area contributed by atoms with Gasteiger partial charge in [0.1, 0.15) is 12.1 Å². The van der Waals surface area contributed by atoms with Gasteiger partial charge in [-0.15, -0.1) is 0 Å². The maximum absolute atomic E-state index is 11.8. The van der Waals surface area contributed by atoms with Gasteiger partial charge in [0.2, 0.25) is 0 Å². The summed E-state index contributed by atoms with van der Waals surface area (Å²) in [5, 5.41) is 0. The molecule has 0 fully saturated rings. The smallest absolute Gasteiger partial charge is 0.326 e. The van der Waals surface area contributed by atoms with E-state index in [-0.39, 0.29) is 17.5 Å². The number of rotatable bonds is 6. The van der Waals surface area contributed by atoms with Gasteiger partial charge in [-0.3, -0.25) is 9.35 Å². The topological polar surface area (TPSA) is 107 Å². The van der Waals surface area contributed by atoms with Crippen molar-refractivity contribution in [2.45, 2.75) is 51.2 Å². The maximum Gasteiger partial charge on any atom is 0.326 e. The van der Waals surface area contributed by atoms with Crippen molar-refractivity contribution in [2.24, 2.45) is 11.7 Å². The Labute approximate surface area is 167 Å². The molecule has 0 spiro atoms. The van der Waals surface area contributed by atoms with E-state index in [1.165, 1.54) is 12.1 Å². The van der Waals surface area contributed by atoms with E-state index >= 15 is 0 Å². The molecule has 0 radical (unpaired) electrons. The van der Waals surface area contributed by atoms with Crippen LogP contribution in [0.5, 0.6) is 0 Å². The predicted octanol–water partition coefficient (Wildman–Crippen LogP) is 3.74. The molecule has 154 valence electrons. The summed E-state index contributed by atoms with van der Waals surface area (Å²) >= 11 is 0. The van der Waals surface area contributed by atoms with Crippen molar-refractivity contribution in [2.75, 3.05) is 0 Å². The predicted molar refractivity (Wildman–Crippen MR) is 109 cm³/mol. The molecule has 0 saturated heterocycles. The third-order valence-electron chi connectivity index (χ3n) is 3.83. The summed E-state index contributed by atoms with van der Waals surface area (Å²) in [5.41, 5.74) is 6.98. The van der Waals surface area contributed by atoms with Crippen molar-refractivity contribution in [3.05, 3.63) is 65.7 Å². The molecule has 1 atom stereocenters. The van der Waals surface area contributed by atoms with E-state index in [1.54, 1.807) is 19.1 Å². The van der Waals surface area contributed by atoms with E-state index in [2.05, 4.69) is 0 Å². The monoisotopic (exact) mass is 407 g/mol. The van der Waals surface area contributed by atoms with Gasteiger partial charge in [-0.05, 0) is 43.9 Å². The van der Waals surface area contributed by atoms with E-state index in [0.29, 0.717) is 12.3 Å². The van der Waals surface area contributed by atoms with Crippen LogP contribution < -0.4 is 5.73 Å². The zero-order valence-corrected chi connectivity index (χ0v) is 17.6. The van der Waals surface area contributed by atoms with Gasteiger partial charge in [-0.1, -0.05) is 61.9 Å². The van der Waals surface area contributed by atoms with Crippen LogP contribution in [-0.4, -0.2) is 24.5 Å². The summed E-state index contributed by atoms with van der Waals surface area (Å²) in [6.45, 7) is 7.92. The average molecular weight is 408 g/mol. The number of esters is 1. The first kappa shape index (κ1) is 23.8. The molecular weight excluding hydrogens is 378 g/mol. The molecule has 7 heteroatoms. The lowest BCUT2D eigenvalue weighted by Gasteiger charge is -2.24. The summed E-state index contributed by atoms with van der Waals surface area (Å²) in [6.07, 6.45) is 0.626. The van der Waals surface area contributed by atoms with Crippen LogP contribution in [0.1, 0.15) is 38.3 Å². The molecule has 0 amide bonds. The number of carbonyl (C=O) groups is 1. The van der Waals surface area contributed by atoms with Crippen LogP contribution in [0.15, 0.2) is 59.5 Å². The highest BCUT2D eigenvalue weighted by atomic mass is 32.2. The molecule has 0 bridgehead atoms. The van der Waals surface area contributed by atoms with E-state index < -0.39 is 15.7 Å². The second-order valence-corrected chi connectivity index (χ2v) is 8.79. The lowest BCUT2D eigenvalue weighted by molar-refractivity contribution is -0.151. The molecular formula is C21H29NO5S. The van der Waals surface area contributed by atoms with Crippen LogP contribution in [0.2, 0.25) is 0 Å². The summed E-state index contributed by atoms with van der Waals surface area (Å²) in [6, 6.07) is 15.6. The fraction of sp³-hybridized carbons (Fsp3) is 0.381. The number of hydrogen-bond acceptors (Lipinski definition) is 5. The molecule has 0 aliphatic rings. The highest BCUT2D eigenvalue weighted by Gasteiger charge is 2.30. The van der Waals surface area contributed by atoms with Gasteiger partial charge >= 0.3 is 5.97 Å². The van der Waals surface area contributed by atoms with Crippen molar-refractivity contribution in [1.29, 1.82) is 0 Å². The summed E-state index contributed by atoms with van der Waals surface area (Å²) in [5.74, 6) is 0.0318. The lowest BCUT2D eigenvalue weighted by Crippen LogP contribution is -2.47. The average Bonchev–Trinajstić information content (AvgIpc) is 2.59. The first-order chi connectivity index (χ1) is 12.9. The van der Waals surface area contributed by atoms with Gasteiger partial charge in [0.15, 0.2) is 0 Å². The zero-order valence-electron chi connectivity index (χ0n) is 16.8. The molecule has 0 aliphatic heterocycles. The van der Waals surface area contributed by atoms with Crippen molar-refractivity contribution >= 4 is 16.1 Å². The van der Waals surface area contributed by atoms with Gasteiger partial charge in [0.25, 0.3) is 10.1 Å². The standard InChI is InChI=1S/C14H21NO2.C7H8O3S/c1-11(2)9-14(3,15)13(16)17-10-12-7-5-4-6-8-12;1-6-2-4-7(5-3-6)11(8,9)10/h4-8,11H,9-10,15H2,1-3H3;2-5H,1H3,(H,8,9,10)/t14-;/m1./s1. The van der Waals surface area contributed by atoms with Crippen LogP contribution in [-0.2, 0) is 26.3 Å². The Kier molecular flexibility index (Phi) is 8.81. The minimum absolute atomic E-state index is 0.0666. The van der Waals surface area contributed by atoms with Crippen molar-refractivity contribution < 1.29 is 22.5 Å². The van der Waals surface area contributed by atoms with Crippen LogP contribution in [0.4, 0.5) is 0 Å². The lowest BCUT2D eigenvalue weighted by atomic mass is 9.92. The minimum atomic E-state index is -4.02. The molecule has 2 aromatic carbocycles. The quantitative estimate of drug-likeness (QED) is 0.558. The molecule has 0 unspecified atom stereocenters. The third kappa shape index (κ3) is 8.65. The number of benzene rings is 2. The molecule has 2 rings (SSSR count). The van der Waals surface area contributed by atoms with Crippen molar-refractivity contribution in [1.82, 2.24) is 0 Å². The van der Waals surface area contributed by atoms with Gasteiger partial charge in [-0.2, -0.15) is 8.42 Å². The molecule has 0 heterocycles. The highest BCUT2D eigenvalue weighted by Crippen LogP contribution is 2.16. The van der Waals surface area contributed by atoms with E-state index in [4.69, 9.17) is 15.0 Å². The van der Waals surface area contributed by atoms with Gasteiger partial charge in [0.05, 0.1) is 4.90 Å². The minimum Gasteiger partial charge on any atom is -0.459 e. The van der Waals surface area contributed by atoms with Gasteiger partial charge < -0.3 is 10.5 Å². The zero-order chi connectivity index (χ0) is 21.4. The first-order valence-electron chi connectivity index (χ1n) is 8.96. The van der Waals surface area contributed by atoms with Gasteiger partial charge in [0, 0.05) is 0 Å². The van der Waals surface area contributed by atoms with Gasteiger partial charge in [-0.25, -0.2) is 0 Å². The molecule has 0 saturated carbocycles. The van der Waals surface area contributed by atoms with E-state index in [0.717, 1.165) is 11.1 Å². The summed E-state index contributed by atoms with van der Waals surface area (Å²) < 4.78 is 34.8. The number of hydrogen-bond donors (Lipinski definition) is 2. The molecule has 0 aliphatic carbocycles. The highest BCUT2D eigenvalue weighted by molar-refractivity contribution is 7.85. The van der Waals surface area contributed by atoms with Crippen LogP contribution in [0.3, 0.4) is 0 Å². The Morgan fingerprint density at radius 1 is 1.11 bits per heavy atom. The number of carbonyl (C=O) groups excluding carboxylic acids is 1. The maximum atomic E-state index is 11.8. The fourth-order valence-electron chi connectivity index (χ4n) is 2.53. The largest absolute Gasteiger partial charge is 0.459 e. The molecule has 6 nitrogen and oxygen atoms in total. The summed E-state index contributed by atoms with van der Waals surface area (Å²) in [7, 11) is -4.02. The molecule has 28 heavy (non-hydrogen) atoms. The normalized spacial score (nSPS) is 13.2. The van der Waals surface area contributed by atoms with Crippen LogP contribution in [0.25, 0.3) is 0 Å². The fourth-order valence-corrected chi connectivity index (χ4v) is 3.01. The van der Waals surface area contributed by atoms with Crippen LogP contribution >= 0.6 is 0 Å². The number of aryl methyl sites for hydroxylation is 1. The second kappa shape index (κ2) is 10.4. The number of nitrogens with two attached hydrogens (primary N) is 1. The third-order valence-corrected chi connectivity index (χ3v) is 4.70. The van der Waals surface area contributed by atoms with Crippen molar-refractivity contribution in [3.8, 4) is 0 Å². The Morgan fingerprint density at radius 3 is 2.11 bits per heavy atom. The van der Waals surface area contributed by atoms with E-state index in [9.17, 15) is 13.2 Å².